The minimum atomic E-state index is -3.01. The van der Waals surface area contributed by atoms with E-state index in [1.165, 1.54) is 4.68 Å². The van der Waals surface area contributed by atoms with Crippen molar-refractivity contribution < 1.29 is 13.2 Å². The topological polar surface area (TPSA) is 107 Å². The van der Waals surface area contributed by atoms with E-state index in [1.807, 2.05) is 6.92 Å². The molecule has 0 aliphatic carbocycles. The second-order valence-electron chi connectivity index (χ2n) is 4.74. The molecule has 1 atom stereocenters. The van der Waals surface area contributed by atoms with Crippen LogP contribution >= 0.6 is 0 Å². The summed E-state index contributed by atoms with van der Waals surface area (Å²) in [6, 6.07) is -0.336. The van der Waals surface area contributed by atoms with Crippen molar-refractivity contribution in [2.75, 3.05) is 17.2 Å². The molecule has 0 aromatic carbocycles. The van der Waals surface area contributed by atoms with Gasteiger partial charge in [0.25, 0.3) is 5.91 Å². The number of nitrogens with two attached hydrogens (primary N) is 1. The second kappa shape index (κ2) is 4.84. The average molecular weight is 286 g/mol. The monoisotopic (exact) mass is 286 g/mol. The molecule has 3 N–H and O–H groups in total. The lowest BCUT2D eigenvalue weighted by Gasteiger charge is -2.12. The van der Waals surface area contributed by atoms with Crippen molar-refractivity contribution in [3.63, 3.8) is 0 Å². The predicted octanol–water partition coefficient (Wildman–Crippen LogP) is -0.289. The fourth-order valence-corrected chi connectivity index (χ4v) is 3.90. The highest BCUT2D eigenvalue weighted by Gasteiger charge is 2.30. The van der Waals surface area contributed by atoms with Crippen LogP contribution in [0.4, 0.5) is 5.69 Å². The maximum absolute atomic E-state index is 12.2. The molecule has 0 bridgehead atoms. The molecule has 1 saturated heterocycles. The van der Waals surface area contributed by atoms with Crippen LogP contribution < -0.4 is 11.1 Å². The van der Waals surface area contributed by atoms with Gasteiger partial charge in [0, 0.05) is 12.6 Å². The van der Waals surface area contributed by atoms with Crippen LogP contribution in [0.5, 0.6) is 0 Å². The smallest absolute Gasteiger partial charge is 0.271 e. The van der Waals surface area contributed by atoms with Crippen molar-refractivity contribution in [2.45, 2.75) is 32.9 Å². The first-order chi connectivity index (χ1) is 8.84. The highest BCUT2D eigenvalue weighted by atomic mass is 32.2. The Morgan fingerprint density at radius 3 is 2.79 bits per heavy atom. The number of nitrogens with zero attached hydrogens (tertiary/aromatic N) is 2. The Bertz CT molecular complexity index is 606. The first-order valence-corrected chi connectivity index (χ1v) is 8.00. The molecule has 106 valence electrons. The Morgan fingerprint density at radius 2 is 2.26 bits per heavy atom. The van der Waals surface area contributed by atoms with Gasteiger partial charge in [-0.1, -0.05) is 0 Å². The normalized spacial score (nSPS) is 21.5. The number of hydrogen-bond donors (Lipinski definition) is 2. The summed E-state index contributed by atoms with van der Waals surface area (Å²) in [4.78, 5) is 12.2. The minimum Gasteiger partial charge on any atom is -0.395 e. The summed E-state index contributed by atoms with van der Waals surface area (Å²) >= 11 is 0. The van der Waals surface area contributed by atoms with Gasteiger partial charge in [-0.3, -0.25) is 9.48 Å². The number of amides is 1. The molecule has 8 heteroatoms. The summed E-state index contributed by atoms with van der Waals surface area (Å²) in [5, 5.41) is 6.89. The van der Waals surface area contributed by atoms with Crippen LogP contribution in [0.1, 0.15) is 29.5 Å². The van der Waals surface area contributed by atoms with E-state index in [1.54, 1.807) is 6.92 Å². The highest BCUT2D eigenvalue weighted by Crippen LogP contribution is 2.18. The minimum absolute atomic E-state index is 0.00209. The number of carbonyl (C=O) groups is 1. The molecule has 1 aromatic rings. The summed E-state index contributed by atoms with van der Waals surface area (Å²) in [6.45, 7) is 4.13. The van der Waals surface area contributed by atoms with Gasteiger partial charge in [-0.2, -0.15) is 5.10 Å². The van der Waals surface area contributed by atoms with E-state index >= 15 is 0 Å². The first kappa shape index (κ1) is 13.9. The molecule has 0 spiro atoms. The van der Waals surface area contributed by atoms with Crippen LogP contribution in [0.2, 0.25) is 0 Å². The fourth-order valence-electron chi connectivity index (χ4n) is 2.23. The van der Waals surface area contributed by atoms with Gasteiger partial charge in [-0.05, 0) is 20.3 Å². The van der Waals surface area contributed by atoms with Crippen LogP contribution in [0, 0.1) is 6.92 Å². The lowest BCUT2D eigenvalue weighted by Crippen LogP contribution is -2.37. The van der Waals surface area contributed by atoms with E-state index in [0.717, 1.165) is 0 Å². The summed E-state index contributed by atoms with van der Waals surface area (Å²) in [7, 11) is -3.01. The third kappa shape index (κ3) is 2.73. The van der Waals surface area contributed by atoms with E-state index in [-0.39, 0.29) is 23.5 Å². The van der Waals surface area contributed by atoms with Crippen LogP contribution in [0.3, 0.4) is 0 Å². The molecule has 1 unspecified atom stereocenters. The molecule has 0 saturated carbocycles. The molecule has 0 radical (unpaired) electrons. The molecule has 1 aromatic heterocycles. The van der Waals surface area contributed by atoms with Crippen molar-refractivity contribution in [1.29, 1.82) is 0 Å². The second-order valence-corrected chi connectivity index (χ2v) is 6.97. The van der Waals surface area contributed by atoms with Gasteiger partial charge in [0.2, 0.25) is 0 Å². The van der Waals surface area contributed by atoms with Crippen molar-refractivity contribution in [1.82, 2.24) is 15.1 Å². The number of nitrogen functional groups attached to an aromatic ring is 1. The summed E-state index contributed by atoms with van der Waals surface area (Å²) in [5.41, 5.74) is 7.10. The van der Waals surface area contributed by atoms with Crippen LogP contribution in [0.15, 0.2) is 0 Å². The zero-order valence-corrected chi connectivity index (χ0v) is 11.8. The van der Waals surface area contributed by atoms with Gasteiger partial charge in [0.1, 0.15) is 5.69 Å². The molecular weight excluding hydrogens is 268 g/mol. The molecule has 1 amide bonds. The van der Waals surface area contributed by atoms with Gasteiger partial charge in [0.15, 0.2) is 9.84 Å². The maximum Gasteiger partial charge on any atom is 0.271 e. The maximum atomic E-state index is 12.2. The van der Waals surface area contributed by atoms with Gasteiger partial charge < -0.3 is 11.1 Å². The first-order valence-electron chi connectivity index (χ1n) is 6.18. The number of rotatable bonds is 3. The Balaban J connectivity index is 2.17. The number of nitrogens with one attached hydrogen (secondary N) is 1. The molecule has 1 aliphatic rings. The summed E-state index contributed by atoms with van der Waals surface area (Å²) in [5.74, 6) is -0.237. The lowest BCUT2D eigenvalue weighted by molar-refractivity contribution is 0.0931. The highest BCUT2D eigenvalue weighted by molar-refractivity contribution is 7.91. The number of hydrogen-bond acceptors (Lipinski definition) is 5. The van der Waals surface area contributed by atoms with E-state index < -0.39 is 9.84 Å². The van der Waals surface area contributed by atoms with Crippen LogP contribution in [-0.2, 0) is 16.4 Å². The third-order valence-corrected chi connectivity index (χ3v) is 5.02. The number of aryl methyl sites for hydroxylation is 2. The summed E-state index contributed by atoms with van der Waals surface area (Å²) in [6.07, 6.45) is 0.452. The number of carbonyl (C=O) groups excluding carboxylic acids is 1. The summed E-state index contributed by atoms with van der Waals surface area (Å²) < 4.78 is 24.3. The Labute approximate surface area is 112 Å². The standard InChI is InChI=1S/C11H18N4O3S/c1-3-15-10(9(12)7(2)14-15)11(16)13-8-4-5-19(17,18)6-8/h8H,3-6,12H2,1-2H3,(H,13,16). The number of anilines is 1. The number of sulfone groups is 1. The van der Waals surface area contributed by atoms with Gasteiger partial charge in [-0.25, -0.2) is 8.42 Å². The van der Waals surface area contributed by atoms with Gasteiger partial charge in [0.05, 0.1) is 22.9 Å². The van der Waals surface area contributed by atoms with Crippen molar-refractivity contribution >= 4 is 21.4 Å². The molecule has 2 rings (SSSR count). The van der Waals surface area contributed by atoms with Crippen LogP contribution in [-0.4, -0.2) is 41.7 Å². The molecule has 7 nitrogen and oxygen atoms in total. The third-order valence-electron chi connectivity index (χ3n) is 3.26. The number of aromatic nitrogens is 2. The van der Waals surface area contributed by atoms with E-state index in [4.69, 9.17) is 5.73 Å². The zero-order valence-electron chi connectivity index (χ0n) is 11.0. The van der Waals surface area contributed by atoms with Crippen molar-refractivity contribution in [3.8, 4) is 0 Å². The molecule has 2 heterocycles. The Kier molecular flexibility index (Phi) is 3.53. The SMILES string of the molecule is CCn1nc(C)c(N)c1C(=O)NC1CCS(=O)(=O)C1. The molecule has 1 aliphatic heterocycles. The molecular formula is C11H18N4O3S. The molecule has 19 heavy (non-hydrogen) atoms. The Hall–Kier alpha value is -1.57. The molecule has 1 fully saturated rings. The lowest BCUT2D eigenvalue weighted by atomic mass is 10.2. The van der Waals surface area contributed by atoms with E-state index in [0.29, 0.717) is 30.0 Å². The predicted molar refractivity (Wildman–Crippen MR) is 71.6 cm³/mol. The largest absolute Gasteiger partial charge is 0.395 e. The van der Waals surface area contributed by atoms with Crippen molar-refractivity contribution in [3.05, 3.63) is 11.4 Å². The Morgan fingerprint density at radius 1 is 1.58 bits per heavy atom. The van der Waals surface area contributed by atoms with Gasteiger partial charge in [-0.15, -0.1) is 0 Å². The fraction of sp³-hybridized carbons (Fsp3) is 0.636. The zero-order chi connectivity index (χ0) is 14.2. The van der Waals surface area contributed by atoms with E-state index in [9.17, 15) is 13.2 Å². The van der Waals surface area contributed by atoms with Gasteiger partial charge >= 0.3 is 0 Å². The average Bonchev–Trinajstić information content (AvgIpc) is 2.80. The van der Waals surface area contributed by atoms with Crippen molar-refractivity contribution in [2.24, 2.45) is 0 Å². The van der Waals surface area contributed by atoms with E-state index in [2.05, 4.69) is 10.4 Å². The quantitative estimate of drug-likeness (QED) is 0.794. The van der Waals surface area contributed by atoms with Crippen LogP contribution in [0.25, 0.3) is 0 Å².